The molecule has 0 bridgehead atoms. The summed E-state index contributed by atoms with van der Waals surface area (Å²) in [5, 5.41) is 8.39. The molecule has 1 aromatic rings. The van der Waals surface area contributed by atoms with Crippen molar-refractivity contribution < 1.29 is 14.3 Å². The van der Waals surface area contributed by atoms with Gasteiger partial charge in [-0.3, -0.25) is 0 Å². The predicted octanol–water partition coefficient (Wildman–Crippen LogP) is 2.63. The molecule has 0 aliphatic heterocycles. The molecule has 6 heteroatoms. The molecule has 3 N–H and O–H groups in total. The first-order valence-corrected chi connectivity index (χ1v) is 4.94. The van der Waals surface area contributed by atoms with E-state index in [1.54, 1.807) is 0 Å². The van der Waals surface area contributed by atoms with Gasteiger partial charge in [0.25, 0.3) is 0 Å². The lowest BCUT2D eigenvalue weighted by molar-refractivity contribution is -0.132. The zero-order chi connectivity index (χ0) is 11.6. The number of rotatable bonds is 2. The number of benzene rings is 1. The molecule has 0 saturated carbocycles. The zero-order valence-corrected chi connectivity index (χ0v) is 9.64. The van der Waals surface area contributed by atoms with Crippen LogP contribution >= 0.6 is 27.5 Å². The van der Waals surface area contributed by atoms with Crippen LogP contribution in [0.25, 0.3) is 6.08 Å². The second kappa shape index (κ2) is 4.63. The molecular weight excluding hydrogens is 288 g/mol. The topological polar surface area (TPSA) is 63.3 Å². The third-order valence-corrected chi connectivity index (χ3v) is 2.88. The average molecular weight is 295 g/mol. The SMILES string of the molecule is N/C(=C/c1ccc(Br)c(Cl)c1F)C(=O)O. The summed E-state index contributed by atoms with van der Waals surface area (Å²) in [6.07, 6.45) is 1.01. The van der Waals surface area contributed by atoms with Crippen LogP contribution in [0.4, 0.5) is 4.39 Å². The zero-order valence-electron chi connectivity index (χ0n) is 7.30. The van der Waals surface area contributed by atoms with Crippen molar-refractivity contribution in [2.75, 3.05) is 0 Å². The third-order valence-electron chi connectivity index (χ3n) is 1.62. The van der Waals surface area contributed by atoms with Gasteiger partial charge in [-0.2, -0.15) is 0 Å². The van der Waals surface area contributed by atoms with E-state index in [1.165, 1.54) is 12.1 Å². The van der Waals surface area contributed by atoms with Crippen molar-refractivity contribution in [1.82, 2.24) is 0 Å². The fourth-order valence-electron chi connectivity index (χ4n) is 0.882. The Kier molecular flexibility index (Phi) is 3.71. The average Bonchev–Trinajstić information content (AvgIpc) is 2.18. The number of aliphatic carboxylic acids is 1. The lowest BCUT2D eigenvalue weighted by Crippen LogP contribution is -2.09. The van der Waals surface area contributed by atoms with Gasteiger partial charge in [0.1, 0.15) is 11.5 Å². The van der Waals surface area contributed by atoms with E-state index in [0.717, 1.165) is 6.08 Å². The summed E-state index contributed by atoms with van der Waals surface area (Å²) in [6, 6.07) is 2.88. The first kappa shape index (κ1) is 12.0. The van der Waals surface area contributed by atoms with E-state index >= 15 is 0 Å². The van der Waals surface area contributed by atoms with Crippen LogP contribution in [0.5, 0.6) is 0 Å². The molecule has 0 amide bonds. The lowest BCUT2D eigenvalue weighted by atomic mass is 10.2. The Morgan fingerprint density at radius 2 is 2.20 bits per heavy atom. The Hall–Kier alpha value is -1.07. The minimum absolute atomic E-state index is 0.0306. The minimum atomic E-state index is -1.31. The highest BCUT2D eigenvalue weighted by atomic mass is 79.9. The molecular formula is C9H6BrClFNO2. The molecule has 0 heterocycles. The highest BCUT2D eigenvalue weighted by molar-refractivity contribution is 9.10. The van der Waals surface area contributed by atoms with E-state index in [1.807, 2.05) is 0 Å². The van der Waals surface area contributed by atoms with Crippen LogP contribution in [0.3, 0.4) is 0 Å². The van der Waals surface area contributed by atoms with Crippen molar-refractivity contribution >= 4 is 39.6 Å². The maximum atomic E-state index is 13.4. The van der Waals surface area contributed by atoms with Crippen LogP contribution in [0.2, 0.25) is 5.02 Å². The second-order valence-corrected chi connectivity index (χ2v) is 3.90. The van der Waals surface area contributed by atoms with Crippen LogP contribution in [0, 0.1) is 5.82 Å². The Labute approximate surface area is 98.5 Å². The van der Waals surface area contributed by atoms with Crippen LogP contribution in [-0.4, -0.2) is 11.1 Å². The van der Waals surface area contributed by atoms with Gasteiger partial charge in [0.15, 0.2) is 0 Å². The first-order valence-electron chi connectivity index (χ1n) is 3.77. The molecule has 15 heavy (non-hydrogen) atoms. The number of hydrogen-bond donors (Lipinski definition) is 2. The Bertz CT molecular complexity index is 448. The molecule has 0 radical (unpaired) electrons. The van der Waals surface area contributed by atoms with Crippen LogP contribution in [0.1, 0.15) is 5.56 Å². The predicted molar refractivity (Wildman–Crippen MR) is 58.9 cm³/mol. The van der Waals surface area contributed by atoms with Crippen molar-refractivity contribution in [3.8, 4) is 0 Å². The molecule has 0 atom stereocenters. The molecule has 0 unspecified atom stereocenters. The molecule has 3 nitrogen and oxygen atoms in total. The normalized spacial score (nSPS) is 11.5. The molecule has 0 aliphatic carbocycles. The number of carbonyl (C=O) groups is 1. The van der Waals surface area contributed by atoms with Gasteiger partial charge >= 0.3 is 5.97 Å². The maximum absolute atomic E-state index is 13.4. The van der Waals surface area contributed by atoms with E-state index < -0.39 is 17.5 Å². The van der Waals surface area contributed by atoms with Crippen molar-refractivity contribution in [2.24, 2.45) is 5.73 Å². The number of carboxylic acids is 1. The summed E-state index contributed by atoms with van der Waals surface area (Å²) < 4.78 is 13.8. The van der Waals surface area contributed by atoms with Crippen molar-refractivity contribution in [3.63, 3.8) is 0 Å². The third kappa shape index (κ3) is 2.70. The summed E-state index contributed by atoms with van der Waals surface area (Å²) in [5.41, 5.74) is 4.72. The molecule has 80 valence electrons. The number of nitrogens with two attached hydrogens (primary N) is 1. The van der Waals surface area contributed by atoms with E-state index in [-0.39, 0.29) is 10.6 Å². The van der Waals surface area contributed by atoms with Gasteiger partial charge in [0.05, 0.1) is 5.02 Å². The van der Waals surface area contributed by atoms with Gasteiger partial charge < -0.3 is 10.8 Å². The van der Waals surface area contributed by atoms with Gasteiger partial charge in [0, 0.05) is 10.0 Å². The van der Waals surface area contributed by atoms with Gasteiger partial charge in [-0.15, -0.1) is 0 Å². The molecule has 0 aliphatic rings. The summed E-state index contributed by atoms with van der Waals surface area (Å²) in [4.78, 5) is 10.4. The highest BCUT2D eigenvalue weighted by Crippen LogP contribution is 2.28. The van der Waals surface area contributed by atoms with Gasteiger partial charge in [-0.1, -0.05) is 17.7 Å². The molecule has 0 aromatic heterocycles. The Balaban J connectivity index is 3.23. The standard InChI is InChI=1S/C9H6BrClFNO2/c10-5-2-1-4(8(12)7(5)11)3-6(13)9(14)15/h1-3H,13H2,(H,14,15)/b6-3+. The lowest BCUT2D eigenvalue weighted by Gasteiger charge is -2.02. The fraction of sp³-hybridized carbons (Fsp3) is 0. The Morgan fingerprint density at radius 3 is 2.73 bits per heavy atom. The number of halogens is 3. The van der Waals surface area contributed by atoms with Crippen LogP contribution in [0.15, 0.2) is 22.3 Å². The highest BCUT2D eigenvalue weighted by Gasteiger charge is 2.10. The molecule has 0 saturated heterocycles. The van der Waals surface area contributed by atoms with E-state index in [0.29, 0.717) is 4.47 Å². The second-order valence-electron chi connectivity index (χ2n) is 2.67. The molecule has 0 spiro atoms. The van der Waals surface area contributed by atoms with Gasteiger partial charge in [0.2, 0.25) is 0 Å². The molecule has 0 fully saturated rings. The largest absolute Gasteiger partial charge is 0.477 e. The summed E-state index contributed by atoms with van der Waals surface area (Å²) in [5.74, 6) is -2.02. The van der Waals surface area contributed by atoms with Gasteiger partial charge in [-0.05, 0) is 28.1 Å². The molecule has 1 aromatic carbocycles. The minimum Gasteiger partial charge on any atom is -0.477 e. The van der Waals surface area contributed by atoms with E-state index in [4.69, 9.17) is 22.4 Å². The summed E-state index contributed by atoms with van der Waals surface area (Å²) in [6.45, 7) is 0. The molecule has 1 rings (SSSR count). The first-order chi connectivity index (χ1) is 6.93. The van der Waals surface area contributed by atoms with Crippen LogP contribution < -0.4 is 5.73 Å². The number of hydrogen-bond acceptors (Lipinski definition) is 2. The Morgan fingerprint density at radius 1 is 1.60 bits per heavy atom. The monoisotopic (exact) mass is 293 g/mol. The van der Waals surface area contributed by atoms with Crippen molar-refractivity contribution in [1.29, 1.82) is 0 Å². The summed E-state index contributed by atoms with van der Waals surface area (Å²) in [7, 11) is 0. The fourth-order valence-corrected chi connectivity index (χ4v) is 1.36. The van der Waals surface area contributed by atoms with Crippen molar-refractivity contribution in [2.45, 2.75) is 0 Å². The smallest absolute Gasteiger partial charge is 0.351 e. The van der Waals surface area contributed by atoms with Gasteiger partial charge in [-0.25, -0.2) is 9.18 Å². The maximum Gasteiger partial charge on any atom is 0.351 e. The quantitative estimate of drug-likeness (QED) is 0.651. The van der Waals surface area contributed by atoms with E-state index in [2.05, 4.69) is 15.9 Å². The van der Waals surface area contributed by atoms with Crippen molar-refractivity contribution in [3.05, 3.63) is 38.7 Å². The summed E-state index contributed by atoms with van der Waals surface area (Å²) >= 11 is 8.64. The van der Waals surface area contributed by atoms with Crippen LogP contribution in [-0.2, 0) is 4.79 Å². The van der Waals surface area contributed by atoms with E-state index in [9.17, 15) is 9.18 Å². The number of carboxylic acid groups (broad SMARTS) is 1.